The van der Waals surface area contributed by atoms with Crippen LogP contribution in [-0.2, 0) is 0 Å². The first-order valence-corrected chi connectivity index (χ1v) is 5.18. The third-order valence-corrected chi connectivity index (χ3v) is 3.01. The number of hydrogen-bond acceptors (Lipinski definition) is 3. The molecule has 1 rings (SSSR count). The minimum Gasteiger partial charge on any atom is -0.396 e. The van der Waals surface area contributed by atoms with Crippen LogP contribution in [0.4, 0.5) is 0 Å². The van der Waals surface area contributed by atoms with Gasteiger partial charge in [0.15, 0.2) is 0 Å². The van der Waals surface area contributed by atoms with Crippen LogP contribution < -0.4 is 0 Å². The second-order valence-electron chi connectivity index (χ2n) is 4.22. The SMILES string of the molecule is CC(C)N1CC[C@@H](CO)[C@@H](O)CC1. The number of aliphatic hydroxyl groups excluding tert-OH is 2. The molecule has 1 aliphatic rings. The molecule has 0 aromatic heterocycles. The van der Waals surface area contributed by atoms with Gasteiger partial charge in [0.05, 0.1) is 6.10 Å². The van der Waals surface area contributed by atoms with Crippen molar-refractivity contribution in [1.82, 2.24) is 4.90 Å². The summed E-state index contributed by atoms with van der Waals surface area (Å²) in [6.07, 6.45) is 1.40. The second-order valence-corrected chi connectivity index (χ2v) is 4.22. The number of rotatable bonds is 2. The van der Waals surface area contributed by atoms with Crippen molar-refractivity contribution in [2.45, 2.75) is 38.8 Å². The van der Waals surface area contributed by atoms with Gasteiger partial charge >= 0.3 is 0 Å². The van der Waals surface area contributed by atoms with Crippen molar-refractivity contribution in [2.75, 3.05) is 19.7 Å². The summed E-state index contributed by atoms with van der Waals surface area (Å²) in [6, 6.07) is 0.546. The van der Waals surface area contributed by atoms with Crippen molar-refractivity contribution in [3.63, 3.8) is 0 Å². The fraction of sp³-hybridized carbons (Fsp3) is 1.00. The van der Waals surface area contributed by atoms with Crippen LogP contribution in [0.5, 0.6) is 0 Å². The highest BCUT2D eigenvalue weighted by Gasteiger charge is 2.24. The molecule has 0 radical (unpaired) electrons. The topological polar surface area (TPSA) is 43.7 Å². The van der Waals surface area contributed by atoms with E-state index in [-0.39, 0.29) is 18.6 Å². The number of hydrogen-bond donors (Lipinski definition) is 2. The first kappa shape index (κ1) is 11.0. The molecule has 0 bridgehead atoms. The van der Waals surface area contributed by atoms with Crippen molar-refractivity contribution in [3.8, 4) is 0 Å². The maximum Gasteiger partial charge on any atom is 0.0603 e. The quantitative estimate of drug-likeness (QED) is 0.660. The summed E-state index contributed by atoms with van der Waals surface area (Å²) < 4.78 is 0. The van der Waals surface area contributed by atoms with Crippen LogP contribution in [0.15, 0.2) is 0 Å². The van der Waals surface area contributed by atoms with Crippen LogP contribution in [0.25, 0.3) is 0 Å². The summed E-state index contributed by atoms with van der Waals surface area (Å²) in [5, 5.41) is 18.7. The van der Waals surface area contributed by atoms with Gasteiger partial charge in [-0.25, -0.2) is 0 Å². The lowest BCUT2D eigenvalue weighted by Crippen LogP contribution is -2.31. The highest BCUT2D eigenvalue weighted by Crippen LogP contribution is 2.18. The second kappa shape index (κ2) is 4.94. The number of aliphatic hydroxyl groups is 2. The van der Waals surface area contributed by atoms with E-state index < -0.39 is 0 Å². The normalized spacial score (nSPS) is 32.1. The zero-order valence-electron chi connectivity index (χ0n) is 8.61. The molecule has 0 aliphatic carbocycles. The zero-order valence-corrected chi connectivity index (χ0v) is 8.61. The predicted octanol–water partition coefficient (Wildman–Crippen LogP) is 0.460. The summed E-state index contributed by atoms with van der Waals surface area (Å²) in [7, 11) is 0. The summed E-state index contributed by atoms with van der Waals surface area (Å²) in [4.78, 5) is 2.36. The largest absolute Gasteiger partial charge is 0.396 e. The van der Waals surface area contributed by atoms with Gasteiger partial charge < -0.3 is 15.1 Å². The maximum absolute atomic E-state index is 9.66. The lowest BCUT2D eigenvalue weighted by atomic mass is 9.99. The van der Waals surface area contributed by atoms with E-state index in [0.717, 1.165) is 25.9 Å². The molecule has 1 fully saturated rings. The van der Waals surface area contributed by atoms with Gasteiger partial charge in [-0.2, -0.15) is 0 Å². The molecular formula is C10H21NO2. The van der Waals surface area contributed by atoms with Gasteiger partial charge in [0.25, 0.3) is 0 Å². The van der Waals surface area contributed by atoms with Crippen LogP contribution in [0, 0.1) is 5.92 Å². The predicted molar refractivity (Wildman–Crippen MR) is 52.5 cm³/mol. The van der Waals surface area contributed by atoms with Gasteiger partial charge in [-0.1, -0.05) is 0 Å². The average Bonchev–Trinajstić information content (AvgIpc) is 2.27. The van der Waals surface area contributed by atoms with Crippen molar-refractivity contribution in [1.29, 1.82) is 0 Å². The van der Waals surface area contributed by atoms with Crippen LogP contribution in [0.3, 0.4) is 0 Å². The molecule has 2 atom stereocenters. The van der Waals surface area contributed by atoms with E-state index >= 15 is 0 Å². The molecule has 78 valence electrons. The number of likely N-dealkylation sites (tertiary alicyclic amines) is 1. The molecule has 2 N–H and O–H groups in total. The monoisotopic (exact) mass is 187 g/mol. The Morgan fingerprint density at radius 1 is 1.31 bits per heavy atom. The van der Waals surface area contributed by atoms with Crippen molar-refractivity contribution < 1.29 is 10.2 Å². The van der Waals surface area contributed by atoms with E-state index in [1.807, 2.05) is 0 Å². The van der Waals surface area contributed by atoms with Crippen LogP contribution >= 0.6 is 0 Å². The lowest BCUT2D eigenvalue weighted by Gasteiger charge is -2.24. The molecule has 0 spiro atoms. The summed E-state index contributed by atoms with van der Waals surface area (Å²) in [5.41, 5.74) is 0. The molecule has 1 heterocycles. The minimum atomic E-state index is -0.311. The van der Waals surface area contributed by atoms with Crippen LogP contribution in [0.2, 0.25) is 0 Å². The van der Waals surface area contributed by atoms with E-state index in [2.05, 4.69) is 18.7 Å². The van der Waals surface area contributed by atoms with Crippen molar-refractivity contribution >= 4 is 0 Å². The highest BCUT2D eigenvalue weighted by molar-refractivity contribution is 4.77. The molecule has 1 aliphatic heterocycles. The highest BCUT2D eigenvalue weighted by atomic mass is 16.3. The fourth-order valence-corrected chi connectivity index (χ4v) is 1.90. The first-order valence-electron chi connectivity index (χ1n) is 5.18. The van der Waals surface area contributed by atoms with Gasteiger partial charge in [0, 0.05) is 25.1 Å². The fourth-order valence-electron chi connectivity index (χ4n) is 1.90. The minimum absolute atomic E-state index is 0.0868. The van der Waals surface area contributed by atoms with Crippen LogP contribution in [0.1, 0.15) is 26.7 Å². The molecule has 0 aromatic rings. The molecule has 0 aromatic carbocycles. The maximum atomic E-state index is 9.66. The molecule has 0 saturated carbocycles. The smallest absolute Gasteiger partial charge is 0.0603 e. The van der Waals surface area contributed by atoms with Crippen molar-refractivity contribution in [3.05, 3.63) is 0 Å². The Kier molecular flexibility index (Phi) is 4.16. The molecule has 13 heavy (non-hydrogen) atoms. The Hall–Kier alpha value is -0.120. The van der Waals surface area contributed by atoms with E-state index in [1.54, 1.807) is 0 Å². The summed E-state index contributed by atoms with van der Waals surface area (Å²) in [5.74, 6) is 0.0868. The first-order chi connectivity index (χ1) is 6.15. The lowest BCUT2D eigenvalue weighted by molar-refractivity contribution is 0.0653. The molecule has 1 saturated heterocycles. The third kappa shape index (κ3) is 2.93. The van der Waals surface area contributed by atoms with Crippen LogP contribution in [-0.4, -0.2) is 47.0 Å². The zero-order chi connectivity index (χ0) is 9.84. The molecule has 0 amide bonds. The van der Waals surface area contributed by atoms with Crippen molar-refractivity contribution in [2.24, 2.45) is 5.92 Å². The van der Waals surface area contributed by atoms with E-state index in [0.29, 0.717) is 6.04 Å². The molecule has 0 unspecified atom stereocenters. The molecular weight excluding hydrogens is 166 g/mol. The Morgan fingerprint density at radius 3 is 2.46 bits per heavy atom. The summed E-state index contributed by atoms with van der Waals surface area (Å²) >= 11 is 0. The van der Waals surface area contributed by atoms with E-state index in [4.69, 9.17) is 5.11 Å². The average molecular weight is 187 g/mol. The Bertz CT molecular complexity index is 150. The third-order valence-electron chi connectivity index (χ3n) is 3.01. The van der Waals surface area contributed by atoms with E-state index in [1.165, 1.54) is 0 Å². The van der Waals surface area contributed by atoms with Gasteiger partial charge in [-0.05, 0) is 33.2 Å². The van der Waals surface area contributed by atoms with E-state index in [9.17, 15) is 5.11 Å². The Morgan fingerprint density at radius 2 is 1.92 bits per heavy atom. The molecule has 3 heteroatoms. The van der Waals surface area contributed by atoms with Gasteiger partial charge in [0.1, 0.15) is 0 Å². The number of nitrogens with zero attached hydrogens (tertiary/aromatic N) is 1. The van der Waals surface area contributed by atoms with Gasteiger partial charge in [-0.15, -0.1) is 0 Å². The Labute approximate surface area is 80.4 Å². The summed E-state index contributed by atoms with van der Waals surface area (Å²) in [6.45, 7) is 6.42. The molecule has 3 nitrogen and oxygen atoms in total. The standard InChI is InChI=1S/C10H21NO2/c1-8(2)11-5-3-9(7-12)10(13)4-6-11/h8-10,12-13H,3-7H2,1-2H3/t9-,10-/m0/s1. The van der Waals surface area contributed by atoms with Gasteiger partial charge in [-0.3, -0.25) is 0 Å². The van der Waals surface area contributed by atoms with Gasteiger partial charge in [0.2, 0.25) is 0 Å². The Balaban J connectivity index is 2.46.